The topological polar surface area (TPSA) is 123 Å². The van der Waals surface area contributed by atoms with Crippen LogP contribution >= 0.6 is 0 Å². The summed E-state index contributed by atoms with van der Waals surface area (Å²) in [5.41, 5.74) is -2.83. The molecule has 2 aliphatic rings. The van der Waals surface area contributed by atoms with Crippen molar-refractivity contribution < 1.29 is 30.9 Å². The highest BCUT2D eigenvalue weighted by Gasteiger charge is 2.55. The van der Waals surface area contributed by atoms with Crippen LogP contribution in [0.5, 0.6) is 0 Å². The number of carbonyl (C=O) groups is 1. The fourth-order valence-electron chi connectivity index (χ4n) is 5.16. The number of hydrogen-bond donors (Lipinski definition) is 1. The lowest BCUT2D eigenvalue weighted by Gasteiger charge is -2.19. The molecule has 0 radical (unpaired) electrons. The van der Waals surface area contributed by atoms with Crippen molar-refractivity contribution in [3.63, 3.8) is 0 Å². The number of nitrogens with one attached hydrogen (secondary N) is 1. The van der Waals surface area contributed by atoms with Gasteiger partial charge in [-0.1, -0.05) is 36.7 Å². The molecule has 1 saturated carbocycles. The average Bonchev–Trinajstić information content (AvgIpc) is 3.24. The Morgan fingerprint density at radius 1 is 1.15 bits per heavy atom. The smallest absolute Gasteiger partial charge is 0.361 e. The van der Waals surface area contributed by atoms with Crippen molar-refractivity contribution in [3.8, 4) is 11.5 Å². The summed E-state index contributed by atoms with van der Waals surface area (Å²) < 4.78 is 73.0. The zero-order valence-electron chi connectivity index (χ0n) is 22.6. The molecule has 1 saturated heterocycles. The Kier molecular flexibility index (Phi) is 7.27. The fourth-order valence-corrected chi connectivity index (χ4v) is 6.16. The van der Waals surface area contributed by atoms with Crippen LogP contribution in [0.3, 0.4) is 0 Å². The number of anilines is 1. The van der Waals surface area contributed by atoms with Gasteiger partial charge < -0.3 is 14.4 Å². The predicted octanol–water partition coefficient (Wildman–Crippen LogP) is 4.59. The van der Waals surface area contributed by atoms with Crippen molar-refractivity contribution in [1.29, 1.82) is 0 Å². The van der Waals surface area contributed by atoms with Crippen LogP contribution in [0.1, 0.15) is 61.4 Å². The maximum atomic E-state index is 13.5. The van der Waals surface area contributed by atoms with E-state index < -0.39 is 46.4 Å². The lowest BCUT2D eigenvalue weighted by Crippen LogP contribution is -2.40. The molecule has 0 unspecified atom stereocenters. The van der Waals surface area contributed by atoms with Gasteiger partial charge in [0.05, 0.1) is 5.92 Å². The molecule has 10 nitrogen and oxygen atoms in total. The van der Waals surface area contributed by atoms with Crippen LogP contribution in [-0.4, -0.2) is 57.1 Å². The first-order chi connectivity index (χ1) is 18.8. The number of aromatic nitrogens is 4. The minimum absolute atomic E-state index is 0.0402. The Bertz CT molecular complexity index is 1530. The molecule has 3 heterocycles. The molecule has 3 aromatic rings. The molecule has 216 valence electrons. The molecule has 1 N–H and O–H groups in total. The van der Waals surface area contributed by atoms with E-state index in [1.165, 1.54) is 0 Å². The molecule has 0 bridgehead atoms. The van der Waals surface area contributed by atoms with Crippen LogP contribution in [0.2, 0.25) is 0 Å². The molecule has 2 atom stereocenters. The molecular weight excluding hydrogens is 549 g/mol. The van der Waals surface area contributed by atoms with Crippen molar-refractivity contribution >= 4 is 21.6 Å². The van der Waals surface area contributed by atoms with Crippen molar-refractivity contribution in [2.75, 3.05) is 18.4 Å². The highest BCUT2D eigenvalue weighted by atomic mass is 32.2. The molecule has 2 aromatic heterocycles. The number of nitrogens with zero attached hydrogens (tertiary/aromatic N) is 5. The molecule has 1 aliphatic carbocycles. The predicted molar refractivity (Wildman–Crippen MR) is 140 cm³/mol. The fraction of sp³-hybridized carbons (Fsp3) is 0.538. The van der Waals surface area contributed by atoms with Gasteiger partial charge >= 0.3 is 15.5 Å². The van der Waals surface area contributed by atoms with Gasteiger partial charge in [-0.15, -0.1) is 10.2 Å². The first-order valence-corrected chi connectivity index (χ1v) is 14.6. The van der Waals surface area contributed by atoms with E-state index in [2.05, 4.69) is 20.7 Å². The second-order valence-corrected chi connectivity index (χ2v) is 13.0. The third-order valence-electron chi connectivity index (χ3n) is 7.26. The molecule has 14 heteroatoms. The SMILES string of the molecule is Cc1ccc(NC(=O)[C@H]2CN(S(=O)(=O)C(F)(F)F)C[C@@H]2c2nnc(-c3cc(CC(C)C)on3)n2C2CC2)c(C)c1. The highest BCUT2D eigenvalue weighted by Crippen LogP contribution is 2.44. The number of aryl methyl sites for hydroxylation is 2. The van der Waals surface area contributed by atoms with Crippen LogP contribution in [0, 0.1) is 25.7 Å². The van der Waals surface area contributed by atoms with E-state index in [1.54, 1.807) is 29.7 Å². The number of carbonyl (C=O) groups excluding carboxylic acids is 1. The number of sulfonamides is 1. The summed E-state index contributed by atoms with van der Waals surface area (Å²) >= 11 is 0. The minimum atomic E-state index is -5.67. The number of halogens is 3. The van der Waals surface area contributed by atoms with Gasteiger partial charge in [0.25, 0.3) is 0 Å². The number of rotatable bonds is 8. The van der Waals surface area contributed by atoms with Gasteiger partial charge in [0.2, 0.25) is 5.91 Å². The summed E-state index contributed by atoms with van der Waals surface area (Å²) in [5.74, 6) is -1.08. The summed E-state index contributed by atoms with van der Waals surface area (Å²) in [5, 5.41) is 15.5. The van der Waals surface area contributed by atoms with E-state index >= 15 is 0 Å². The van der Waals surface area contributed by atoms with E-state index in [4.69, 9.17) is 4.52 Å². The van der Waals surface area contributed by atoms with Gasteiger partial charge in [0.15, 0.2) is 11.5 Å². The lowest BCUT2D eigenvalue weighted by atomic mass is 9.93. The van der Waals surface area contributed by atoms with Crippen LogP contribution in [0.4, 0.5) is 18.9 Å². The normalized spacial score (nSPS) is 20.4. The summed E-state index contributed by atoms with van der Waals surface area (Å²) in [6.07, 6.45) is 2.22. The molecule has 2 fully saturated rings. The van der Waals surface area contributed by atoms with Gasteiger partial charge in [-0.3, -0.25) is 4.79 Å². The molecule has 1 aromatic carbocycles. The third-order valence-corrected chi connectivity index (χ3v) is 8.82. The maximum absolute atomic E-state index is 13.5. The van der Waals surface area contributed by atoms with Crippen molar-refractivity contribution in [2.24, 2.45) is 11.8 Å². The Hall–Kier alpha value is -3.26. The van der Waals surface area contributed by atoms with Gasteiger partial charge in [-0.25, -0.2) is 8.42 Å². The summed E-state index contributed by atoms with van der Waals surface area (Å²) in [7, 11) is -5.67. The third kappa shape index (κ3) is 5.38. The Morgan fingerprint density at radius 3 is 2.50 bits per heavy atom. The van der Waals surface area contributed by atoms with E-state index in [1.807, 2.05) is 26.8 Å². The Balaban J connectivity index is 1.53. The van der Waals surface area contributed by atoms with Crippen LogP contribution in [-0.2, 0) is 21.2 Å². The van der Waals surface area contributed by atoms with Gasteiger partial charge in [0.1, 0.15) is 11.6 Å². The van der Waals surface area contributed by atoms with Gasteiger partial charge in [-0.2, -0.15) is 17.5 Å². The first kappa shape index (κ1) is 28.3. The Morgan fingerprint density at radius 2 is 1.88 bits per heavy atom. The summed E-state index contributed by atoms with van der Waals surface area (Å²) in [6.45, 7) is 6.58. The van der Waals surface area contributed by atoms with Crippen LogP contribution in [0.25, 0.3) is 11.5 Å². The molecule has 40 heavy (non-hydrogen) atoms. The summed E-state index contributed by atoms with van der Waals surface area (Å²) in [6, 6.07) is 7.09. The minimum Gasteiger partial charge on any atom is -0.361 e. The molecule has 1 aliphatic heterocycles. The molecule has 5 rings (SSSR count). The number of alkyl halides is 3. The van der Waals surface area contributed by atoms with Crippen LogP contribution < -0.4 is 5.32 Å². The Labute approximate surface area is 230 Å². The van der Waals surface area contributed by atoms with Crippen LogP contribution in [0.15, 0.2) is 28.8 Å². The molecule has 1 amide bonds. The maximum Gasteiger partial charge on any atom is 0.511 e. The standard InChI is InChI=1S/C26H31F3N6O4S/c1-14(2)9-18-11-22(33-39-18)24-32-31-23(35(24)17-6-7-17)19-12-34(40(37,38)26(27,28)29)13-20(19)25(36)30-21-8-5-15(3)10-16(21)4/h5,8,10-11,14,17,19-20H,6-7,9,12-13H2,1-4H3,(H,30,36)/t19-,20-/m0/s1. The molecule has 0 spiro atoms. The van der Waals surface area contributed by atoms with Crippen molar-refractivity contribution in [2.45, 2.75) is 64.4 Å². The number of amides is 1. The van der Waals surface area contributed by atoms with Gasteiger partial charge in [0, 0.05) is 43.2 Å². The monoisotopic (exact) mass is 580 g/mol. The second-order valence-electron chi connectivity index (χ2n) is 11.0. The summed E-state index contributed by atoms with van der Waals surface area (Å²) in [4.78, 5) is 13.5. The zero-order valence-corrected chi connectivity index (χ0v) is 23.4. The van der Waals surface area contributed by atoms with E-state index in [9.17, 15) is 26.4 Å². The van der Waals surface area contributed by atoms with Crippen molar-refractivity contribution in [1.82, 2.24) is 24.2 Å². The largest absolute Gasteiger partial charge is 0.511 e. The highest BCUT2D eigenvalue weighted by molar-refractivity contribution is 7.90. The van der Waals surface area contributed by atoms with E-state index in [-0.39, 0.29) is 11.9 Å². The zero-order chi connectivity index (χ0) is 29.0. The average molecular weight is 581 g/mol. The quantitative estimate of drug-likeness (QED) is 0.414. The lowest BCUT2D eigenvalue weighted by molar-refractivity contribution is -0.119. The first-order valence-electron chi connectivity index (χ1n) is 13.1. The van der Waals surface area contributed by atoms with Crippen molar-refractivity contribution in [3.05, 3.63) is 47.0 Å². The number of hydrogen-bond acceptors (Lipinski definition) is 7. The molecular formula is C26H31F3N6O4S. The van der Waals surface area contributed by atoms with E-state index in [0.717, 1.165) is 24.0 Å². The van der Waals surface area contributed by atoms with Gasteiger partial charge in [-0.05, 0) is 44.2 Å². The second kappa shape index (κ2) is 10.3. The van der Waals surface area contributed by atoms with E-state index in [0.29, 0.717) is 39.6 Å². The number of benzene rings is 1.